The molecule has 2 nitrogen and oxygen atoms in total. The summed E-state index contributed by atoms with van der Waals surface area (Å²) in [6, 6.07) is 0. The number of rotatable bonds is 0. The fourth-order valence-corrected chi connectivity index (χ4v) is 3.27. The van der Waals surface area contributed by atoms with E-state index < -0.39 is 0 Å². The van der Waals surface area contributed by atoms with Gasteiger partial charge in [-0.3, -0.25) is 0 Å². The van der Waals surface area contributed by atoms with E-state index in [1.807, 2.05) is 13.8 Å². The molecule has 2 fully saturated rings. The molecule has 0 unspecified atom stereocenters. The van der Waals surface area contributed by atoms with Crippen LogP contribution in [0.3, 0.4) is 0 Å². The summed E-state index contributed by atoms with van der Waals surface area (Å²) in [6.07, 6.45) is 8.95. The summed E-state index contributed by atoms with van der Waals surface area (Å²) in [4.78, 5) is 0. The van der Waals surface area contributed by atoms with Gasteiger partial charge in [0.1, 0.15) is 0 Å². The summed E-state index contributed by atoms with van der Waals surface area (Å²) < 4.78 is 11.9. The average molecular weight is 194 g/mol. The number of hydrogen-bond acceptors (Lipinski definition) is 2. The highest BCUT2D eigenvalue weighted by Crippen LogP contribution is 2.48. The molecule has 2 heteroatoms. The van der Waals surface area contributed by atoms with Crippen molar-refractivity contribution in [3.05, 3.63) is 12.2 Å². The van der Waals surface area contributed by atoms with Crippen LogP contribution in [0.25, 0.3) is 0 Å². The topological polar surface area (TPSA) is 18.5 Å². The second kappa shape index (κ2) is 2.83. The average Bonchev–Trinajstić information content (AvgIpc) is 2.56. The van der Waals surface area contributed by atoms with Gasteiger partial charge in [0, 0.05) is 0 Å². The van der Waals surface area contributed by atoms with Crippen molar-refractivity contribution in [1.29, 1.82) is 0 Å². The van der Waals surface area contributed by atoms with Crippen molar-refractivity contribution >= 4 is 0 Å². The minimum Gasteiger partial charge on any atom is -0.345 e. The largest absolute Gasteiger partial charge is 0.345 e. The first-order valence-corrected chi connectivity index (χ1v) is 5.66. The molecule has 0 amide bonds. The molecule has 1 heterocycles. The molecular formula is C12H18O2. The predicted octanol–water partition coefficient (Wildman–Crippen LogP) is 2.49. The van der Waals surface area contributed by atoms with Crippen LogP contribution < -0.4 is 0 Å². The Hall–Kier alpha value is -0.340. The van der Waals surface area contributed by atoms with Crippen molar-refractivity contribution in [3.8, 4) is 0 Å². The van der Waals surface area contributed by atoms with Gasteiger partial charge in [0.05, 0.1) is 12.2 Å². The van der Waals surface area contributed by atoms with E-state index in [9.17, 15) is 0 Å². The van der Waals surface area contributed by atoms with Gasteiger partial charge in [-0.05, 0) is 44.9 Å². The lowest BCUT2D eigenvalue weighted by Crippen LogP contribution is -2.28. The third kappa shape index (κ3) is 1.24. The number of hydrogen-bond donors (Lipinski definition) is 0. The highest BCUT2D eigenvalue weighted by atomic mass is 16.8. The van der Waals surface area contributed by atoms with Crippen LogP contribution in [0.2, 0.25) is 0 Å². The molecule has 3 aliphatic rings. The predicted molar refractivity (Wildman–Crippen MR) is 53.8 cm³/mol. The Bertz CT molecular complexity index is 269. The van der Waals surface area contributed by atoms with E-state index in [0.29, 0.717) is 18.1 Å². The molecule has 0 bridgehead atoms. The second-order valence-corrected chi connectivity index (χ2v) is 5.24. The van der Waals surface area contributed by atoms with Crippen molar-refractivity contribution in [1.82, 2.24) is 0 Å². The van der Waals surface area contributed by atoms with E-state index >= 15 is 0 Å². The highest BCUT2D eigenvalue weighted by Gasteiger charge is 2.52. The van der Waals surface area contributed by atoms with E-state index in [1.165, 1.54) is 19.3 Å². The van der Waals surface area contributed by atoms with Crippen LogP contribution in [-0.4, -0.2) is 18.0 Å². The standard InChI is InChI=1S/C12H18O2/c1-12(2)13-10-7-8-5-3-4-6-9(8)11(10)14-12/h3-4,8-11H,5-7H2,1-2H3/t8-,9-,10+,11-/m0/s1. The van der Waals surface area contributed by atoms with Crippen molar-refractivity contribution in [2.75, 3.05) is 0 Å². The van der Waals surface area contributed by atoms with E-state index in [2.05, 4.69) is 12.2 Å². The van der Waals surface area contributed by atoms with Crippen molar-refractivity contribution < 1.29 is 9.47 Å². The summed E-state index contributed by atoms with van der Waals surface area (Å²) in [6.45, 7) is 4.05. The van der Waals surface area contributed by atoms with Crippen LogP contribution in [0.4, 0.5) is 0 Å². The van der Waals surface area contributed by atoms with Crippen LogP contribution in [0, 0.1) is 11.8 Å². The second-order valence-electron chi connectivity index (χ2n) is 5.24. The zero-order chi connectivity index (χ0) is 9.76. The molecule has 14 heavy (non-hydrogen) atoms. The van der Waals surface area contributed by atoms with Crippen LogP contribution in [0.1, 0.15) is 33.1 Å². The molecule has 1 aliphatic heterocycles. The zero-order valence-electron chi connectivity index (χ0n) is 8.90. The Morgan fingerprint density at radius 1 is 1.14 bits per heavy atom. The van der Waals surface area contributed by atoms with Gasteiger partial charge < -0.3 is 9.47 Å². The normalized spacial score (nSPS) is 49.0. The molecule has 0 radical (unpaired) electrons. The lowest BCUT2D eigenvalue weighted by molar-refractivity contribution is -0.160. The molecule has 2 aliphatic carbocycles. The number of fused-ring (bicyclic) bond motifs is 3. The minimum absolute atomic E-state index is 0.346. The van der Waals surface area contributed by atoms with Gasteiger partial charge in [0.15, 0.2) is 5.79 Å². The van der Waals surface area contributed by atoms with E-state index in [-0.39, 0.29) is 5.79 Å². The van der Waals surface area contributed by atoms with Crippen molar-refractivity contribution in [2.24, 2.45) is 11.8 Å². The van der Waals surface area contributed by atoms with Gasteiger partial charge >= 0.3 is 0 Å². The third-order valence-electron chi connectivity index (χ3n) is 3.80. The maximum atomic E-state index is 5.99. The first kappa shape index (κ1) is 8.93. The molecular weight excluding hydrogens is 176 g/mol. The smallest absolute Gasteiger partial charge is 0.163 e. The summed E-state index contributed by atoms with van der Waals surface area (Å²) >= 11 is 0. The van der Waals surface area contributed by atoms with Crippen molar-refractivity contribution in [2.45, 2.75) is 51.1 Å². The first-order chi connectivity index (χ1) is 6.66. The number of allylic oxidation sites excluding steroid dienone is 2. The molecule has 0 aromatic heterocycles. The Kier molecular flexibility index (Phi) is 1.80. The Morgan fingerprint density at radius 3 is 2.79 bits per heavy atom. The van der Waals surface area contributed by atoms with E-state index in [0.717, 1.165) is 5.92 Å². The van der Waals surface area contributed by atoms with Crippen LogP contribution in [0.15, 0.2) is 12.2 Å². The Morgan fingerprint density at radius 2 is 1.93 bits per heavy atom. The highest BCUT2D eigenvalue weighted by molar-refractivity contribution is 5.05. The van der Waals surface area contributed by atoms with Gasteiger partial charge in [-0.25, -0.2) is 0 Å². The monoisotopic (exact) mass is 194 g/mol. The van der Waals surface area contributed by atoms with Crippen molar-refractivity contribution in [3.63, 3.8) is 0 Å². The molecule has 0 N–H and O–H groups in total. The maximum absolute atomic E-state index is 5.99. The fraction of sp³-hybridized carbons (Fsp3) is 0.833. The fourth-order valence-electron chi connectivity index (χ4n) is 3.27. The van der Waals surface area contributed by atoms with E-state index in [1.54, 1.807) is 0 Å². The van der Waals surface area contributed by atoms with Gasteiger partial charge in [-0.1, -0.05) is 12.2 Å². The molecule has 0 spiro atoms. The van der Waals surface area contributed by atoms with Gasteiger partial charge in [-0.2, -0.15) is 0 Å². The maximum Gasteiger partial charge on any atom is 0.163 e. The lowest BCUT2D eigenvalue weighted by Gasteiger charge is -2.27. The number of ether oxygens (including phenoxy) is 2. The zero-order valence-corrected chi connectivity index (χ0v) is 8.90. The molecule has 1 saturated heterocycles. The SMILES string of the molecule is CC1(C)O[C@H]2[C@H]3CC=CC[C@H]3C[C@H]2O1. The Labute approximate surface area is 85.3 Å². The molecule has 1 saturated carbocycles. The molecule has 3 rings (SSSR count). The molecule has 4 atom stereocenters. The first-order valence-electron chi connectivity index (χ1n) is 5.66. The van der Waals surface area contributed by atoms with Crippen LogP contribution >= 0.6 is 0 Å². The van der Waals surface area contributed by atoms with Gasteiger partial charge in [0.2, 0.25) is 0 Å². The van der Waals surface area contributed by atoms with Gasteiger partial charge in [-0.15, -0.1) is 0 Å². The summed E-state index contributed by atoms with van der Waals surface area (Å²) in [5.41, 5.74) is 0. The lowest BCUT2D eigenvalue weighted by atomic mass is 9.85. The third-order valence-corrected chi connectivity index (χ3v) is 3.80. The van der Waals surface area contributed by atoms with Crippen LogP contribution in [0.5, 0.6) is 0 Å². The van der Waals surface area contributed by atoms with E-state index in [4.69, 9.17) is 9.47 Å². The molecule has 0 aromatic carbocycles. The Balaban J connectivity index is 1.81. The molecule has 0 aromatic rings. The summed E-state index contributed by atoms with van der Waals surface area (Å²) in [5.74, 6) is 1.18. The molecule has 78 valence electrons. The summed E-state index contributed by atoms with van der Waals surface area (Å²) in [5, 5.41) is 0. The quantitative estimate of drug-likeness (QED) is 0.552. The summed E-state index contributed by atoms with van der Waals surface area (Å²) in [7, 11) is 0. The van der Waals surface area contributed by atoms with Crippen LogP contribution in [-0.2, 0) is 9.47 Å². The van der Waals surface area contributed by atoms with Gasteiger partial charge in [0.25, 0.3) is 0 Å². The minimum atomic E-state index is -0.346.